The second-order valence-electron chi connectivity index (χ2n) is 3.95. The molecule has 2 rings (SSSR count). The minimum absolute atomic E-state index is 0.155. The van der Waals surface area contributed by atoms with Gasteiger partial charge in [0.15, 0.2) is 11.6 Å². The van der Waals surface area contributed by atoms with Crippen LogP contribution < -0.4 is 4.74 Å². The monoisotopic (exact) mass is 276 g/mol. The second-order valence-corrected chi connectivity index (χ2v) is 5.12. The van der Waals surface area contributed by atoms with Crippen LogP contribution in [0.2, 0.25) is 0 Å². The van der Waals surface area contributed by atoms with Gasteiger partial charge in [-0.2, -0.15) is 0 Å². The maximum absolute atomic E-state index is 13.5. The molecule has 1 heterocycles. The van der Waals surface area contributed by atoms with Gasteiger partial charge >= 0.3 is 0 Å². The van der Waals surface area contributed by atoms with Crippen LogP contribution in [0.1, 0.15) is 15.3 Å². The van der Waals surface area contributed by atoms with Crippen molar-refractivity contribution in [3.63, 3.8) is 0 Å². The maximum atomic E-state index is 13.5. The molecule has 0 aliphatic rings. The van der Waals surface area contributed by atoms with Gasteiger partial charge in [-0.1, -0.05) is 17.9 Å². The minimum atomic E-state index is -0.359. The smallest absolute Gasteiger partial charge is 0.165 e. The maximum Gasteiger partial charge on any atom is 0.165 e. The number of benzene rings is 1. The van der Waals surface area contributed by atoms with E-state index < -0.39 is 0 Å². The first kappa shape index (κ1) is 13.6. The van der Waals surface area contributed by atoms with Gasteiger partial charge in [0.2, 0.25) is 0 Å². The van der Waals surface area contributed by atoms with Crippen molar-refractivity contribution in [3.05, 3.63) is 51.5 Å². The van der Waals surface area contributed by atoms with Gasteiger partial charge in [-0.3, -0.25) is 0 Å². The molecule has 98 valence electrons. The number of aryl methyl sites for hydroxylation is 1. The van der Waals surface area contributed by atoms with Crippen molar-refractivity contribution in [3.8, 4) is 17.6 Å². The summed E-state index contributed by atoms with van der Waals surface area (Å²) in [4.78, 5) is 1.82. The van der Waals surface area contributed by atoms with Crippen molar-refractivity contribution in [2.45, 2.75) is 13.5 Å². The van der Waals surface area contributed by atoms with E-state index in [0.717, 1.165) is 15.3 Å². The molecule has 0 saturated heterocycles. The number of hydrogen-bond acceptors (Lipinski definition) is 3. The van der Waals surface area contributed by atoms with Crippen molar-refractivity contribution >= 4 is 11.3 Å². The van der Waals surface area contributed by atoms with Gasteiger partial charge in [0, 0.05) is 4.88 Å². The van der Waals surface area contributed by atoms with Crippen LogP contribution in [0.25, 0.3) is 0 Å². The van der Waals surface area contributed by atoms with Crippen molar-refractivity contribution in [1.29, 1.82) is 0 Å². The molecule has 0 radical (unpaired) electrons. The molecule has 1 aromatic carbocycles. The molecular formula is C15H13FO2S. The van der Waals surface area contributed by atoms with Gasteiger partial charge in [-0.05, 0) is 36.8 Å². The molecule has 1 N–H and O–H groups in total. The molecule has 1 aromatic heterocycles. The normalized spacial score (nSPS) is 9.84. The topological polar surface area (TPSA) is 29.5 Å². The highest BCUT2D eigenvalue weighted by Gasteiger charge is 2.05. The summed E-state index contributed by atoms with van der Waals surface area (Å²) in [6, 6.07) is 8.53. The number of rotatable bonds is 3. The van der Waals surface area contributed by atoms with Crippen LogP contribution in [0, 0.1) is 24.6 Å². The Kier molecular flexibility index (Phi) is 4.56. The van der Waals surface area contributed by atoms with Crippen LogP contribution in [0.5, 0.6) is 5.75 Å². The molecule has 0 atom stereocenters. The van der Waals surface area contributed by atoms with Crippen molar-refractivity contribution in [2.24, 2.45) is 0 Å². The lowest BCUT2D eigenvalue weighted by Gasteiger charge is -2.06. The molecule has 0 bridgehead atoms. The SMILES string of the molecule is Cc1ccc(F)c(OCc2ccc(C#CCO)s2)c1. The lowest BCUT2D eigenvalue weighted by Crippen LogP contribution is -1.95. The van der Waals surface area contributed by atoms with Crippen LogP contribution >= 0.6 is 11.3 Å². The van der Waals surface area contributed by atoms with E-state index in [1.54, 1.807) is 12.1 Å². The predicted octanol–water partition coefficient (Wildman–Crippen LogP) is 3.12. The fraction of sp³-hybridized carbons (Fsp3) is 0.200. The van der Waals surface area contributed by atoms with E-state index in [9.17, 15) is 4.39 Å². The van der Waals surface area contributed by atoms with E-state index in [1.807, 2.05) is 19.1 Å². The van der Waals surface area contributed by atoms with Crippen LogP contribution in [0.3, 0.4) is 0 Å². The molecule has 2 nitrogen and oxygen atoms in total. The lowest BCUT2D eigenvalue weighted by molar-refractivity contribution is 0.293. The van der Waals surface area contributed by atoms with Gasteiger partial charge in [0.25, 0.3) is 0 Å². The van der Waals surface area contributed by atoms with Crippen molar-refractivity contribution in [1.82, 2.24) is 0 Å². The number of aliphatic hydroxyl groups excluding tert-OH is 1. The summed E-state index contributed by atoms with van der Waals surface area (Å²) in [7, 11) is 0. The van der Waals surface area contributed by atoms with Crippen LogP contribution in [0.15, 0.2) is 30.3 Å². The zero-order valence-corrected chi connectivity index (χ0v) is 11.3. The molecule has 0 spiro atoms. The molecule has 0 aliphatic carbocycles. The Hall–Kier alpha value is -1.83. The van der Waals surface area contributed by atoms with E-state index >= 15 is 0 Å². The Morgan fingerprint density at radius 2 is 2.16 bits per heavy atom. The van der Waals surface area contributed by atoms with Gasteiger partial charge < -0.3 is 9.84 Å². The third kappa shape index (κ3) is 3.82. The molecule has 2 aromatic rings. The molecule has 0 fully saturated rings. The summed E-state index contributed by atoms with van der Waals surface area (Å²) in [5.41, 5.74) is 0.956. The molecule has 4 heteroatoms. The molecule has 0 amide bonds. The first-order chi connectivity index (χ1) is 9.19. The Bertz CT molecular complexity index is 623. The Morgan fingerprint density at radius 3 is 2.95 bits per heavy atom. The fourth-order valence-electron chi connectivity index (χ4n) is 1.52. The first-order valence-corrected chi connectivity index (χ1v) is 6.58. The third-order valence-electron chi connectivity index (χ3n) is 2.41. The van der Waals surface area contributed by atoms with E-state index in [-0.39, 0.29) is 18.2 Å². The van der Waals surface area contributed by atoms with Crippen molar-refractivity contribution < 1.29 is 14.2 Å². The van der Waals surface area contributed by atoms with E-state index in [2.05, 4.69) is 11.8 Å². The summed E-state index contributed by atoms with van der Waals surface area (Å²) in [6.45, 7) is 2.05. The number of hydrogen-bond donors (Lipinski definition) is 1. The van der Waals surface area contributed by atoms with Crippen LogP contribution in [0.4, 0.5) is 4.39 Å². The van der Waals surface area contributed by atoms with Crippen LogP contribution in [-0.4, -0.2) is 11.7 Å². The summed E-state index contributed by atoms with van der Waals surface area (Å²) in [6.07, 6.45) is 0. The summed E-state index contributed by atoms with van der Waals surface area (Å²) in [5, 5.41) is 8.61. The zero-order chi connectivity index (χ0) is 13.7. The number of halogens is 1. The Morgan fingerprint density at radius 1 is 1.32 bits per heavy atom. The van der Waals surface area contributed by atoms with E-state index in [0.29, 0.717) is 6.61 Å². The highest BCUT2D eigenvalue weighted by Crippen LogP contribution is 2.22. The van der Waals surface area contributed by atoms with Gasteiger partial charge in [-0.15, -0.1) is 11.3 Å². The molecular weight excluding hydrogens is 263 g/mol. The predicted molar refractivity (Wildman–Crippen MR) is 73.8 cm³/mol. The standard InChI is InChI=1S/C15H13FO2S/c1-11-4-7-14(16)15(9-11)18-10-13-6-5-12(19-13)3-2-8-17/h4-7,9,17H,8,10H2,1H3. The largest absolute Gasteiger partial charge is 0.485 e. The quantitative estimate of drug-likeness (QED) is 0.873. The zero-order valence-electron chi connectivity index (χ0n) is 10.4. The summed E-state index contributed by atoms with van der Waals surface area (Å²) < 4.78 is 18.9. The Balaban J connectivity index is 2.02. The lowest BCUT2D eigenvalue weighted by atomic mass is 10.2. The molecule has 0 aliphatic heterocycles. The molecule has 0 unspecified atom stereocenters. The van der Waals surface area contributed by atoms with E-state index in [4.69, 9.17) is 9.84 Å². The number of aliphatic hydroxyl groups is 1. The van der Waals surface area contributed by atoms with Crippen molar-refractivity contribution in [2.75, 3.05) is 6.61 Å². The number of thiophene rings is 1. The second kappa shape index (κ2) is 6.37. The average Bonchev–Trinajstić information content (AvgIpc) is 2.85. The Labute approximate surface area is 115 Å². The van der Waals surface area contributed by atoms with Gasteiger partial charge in [-0.25, -0.2) is 4.39 Å². The van der Waals surface area contributed by atoms with Gasteiger partial charge in [0.1, 0.15) is 13.2 Å². The van der Waals surface area contributed by atoms with E-state index in [1.165, 1.54) is 17.4 Å². The minimum Gasteiger partial charge on any atom is -0.485 e. The van der Waals surface area contributed by atoms with Crippen LogP contribution in [-0.2, 0) is 6.61 Å². The fourth-order valence-corrected chi connectivity index (χ4v) is 2.32. The molecule has 0 saturated carbocycles. The van der Waals surface area contributed by atoms with Gasteiger partial charge in [0.05, 0.1) is 4.88 Å². The molecule has 19 heavy (non-hydrogen) atoms. The first-order valence-electron chi connectivity index (χ1n) is 5.76. The number of ether oxygens (including phenoxy) is 1. The third-order valence-corrected chi connectivity index (χ3v) is 3.38. The highest BCUT2D eigenvalue weighted by molar-refractivity contribution is 7.12. The highest BCUT2D eigenvalue weighted by atomic mass is 32.1. The summed E-state index contributed by atoms with van der Waals surface area (Å²) in [5.74, 6) is 5.31. The summed E-state index contributed by atoms with van der Waals surface area (Å²) >= 11 is 1.47. The average molecular weight is 276 g/mol.